The van der Waals surface area contributed by atoms with Gasteiger partial charge in [0.15, 0.2) is 5.16 Å². The van der Waals surface area contributed by atoms with Gasteiger partial charge < -0.3 is 10.4 Å². The van der Waals surface area contributed by atoms with Gasteiger partial charge in [0.1, 0.15) is 0 Å². The van der Waals surface area contributed by atoms with Crippen LogP contribution in [0.4, 0.5) is 0 Å². The van der Waals surface area contributed by atoms with Crippen LogP contribution in [0.5, 0.6) is 0 Å². The Bertz CT molecular complexity index is 939. The Morgan fingerprint density at radius 2 is 2.12 bits per heavy atom. The number of thioether (sulfide) groups is 1. The smallest absolute Gasteiger partial charge is 0.262 e. The van der Waals surface area contributed by atoms with Gasteiger partial charge in [-0.2, -0.15) is 0 Å². The predicted molar refractivity (Wildman–Crippen MR) is 105 cm³/mol. The summed E-state index contributed by atoms with van der Waals surface area (Å²) in [6, 6.07) is 11.1. The summed E-state index contributed by atoms with van der Waals surface area (Å²) < 4.78 is 1.54. The molecule has 0 spiro atoms. The molecule has 0 fully saturated rings. The maximum Gasteiger partial charge on any atom is 0.262 e. The van der Waals surface area contributed by atoms with E-state index in [0.717, 1.165) is 4.88 Å². The Morgan fingerprint density at radius 3 is 2.88 bits per heavy atom. The Kier molecular flexibility index (Phi) is 6.43. The van der Waals surface area contributed by atoms with Gasteiger partial charge in [-0.3, -0.25) is 14.2 Å². The van der Waals surface area contributed by atoms with Crippen molar-refractivity contribution >= 4 is 39.9 Å². The van der Waals surface area contributed by atoms with Crippen LogP contribution in [-0.4, -0.2) is 32.9 Å². The molecule has 0 saturated heterocycles. The summed E-state index contributed by atoms with van der Waals surface area (Å²) in [6.07, 6.45) is 0.456. The number of nitrogens with zero attached hydrogens (tertiary/aromatic N) is 2. The summed E-state index contributed by atoms with van der Waals surface area (Å²) in [6.45, 7) is 0.858. The molecular weight excluding hydrogens is 370 g/mol. The standard InChI is InChI=1S/C18H19N3O3S2/c22-9-4-8-21-17(24)14-6-1-2-7-15(14)20-18(21)26-12-16(23)19-11-13-5-3-10-25-13/h1-3,5-7,10,22H,4,8-9,11-12H2,(H,19,23). The molecule has 136 valence electrons. The average Bonchev–Trinajstić information content (AvgIpc) is 3.18. The van der Waals surface area contributed by atoms with Crippen LogP contribution in [0, 0.1) is 0 Å². The SMILES string of the molecule is O=C(CSc1nc2ccccc2c(=O)n1CCCO)NCc1cccs1. The van der Waals surface area contributed by atoms with Gasteiger partial charge in [0.05, 0.1) is 23.2 Å². The van der Waals surface area contributed by atoms with Gasteiger partial charge in [-0.05, 0) is 30.0 Å². The molecule has 2 N–H and O–H groups in total. The largest absolute Gasteiger partial charge is 0.396 e. The number of para-hydroxylation sites is 1. The highest BCUT2D eigenvalue weighted by molar-refractivity contribution is 7.99. The van der Waals surface area contributed by atoms with E-state index in [1.165, 1.54) is 16.3 Å². The number of carbonyl (C=O) groups is 1. The van der Waals surface area contributed by atoms with Gasteiger partial charge in [-0.25, -0.2) is 4.98 Å². The van der Waals surface area contributed by atoms with E-state index in [1.807, 2.05) is 23.6 Å². The molecule has 6 nitrogen and oxygen atoms in total. The van der Waals surface area contributed by atoms with Crippen molar-refractivity contribution in [2.45, 2.75) is 24.7 Å². The molecule has 1 aromatic carbocycles. The molecule has 0 saturated carbocycles. The maximum absolute atomic E-state index is 12.7. The van der Waals surface area contributed by atoms with Crippen LogP contribution in [0.15, 0.2) is 51.7 Å². The van der Waals surface area contributed by atoms with E-state index in [2.05, 4.69) is 10.3 Å². The van der Waals surface area contributed by atoms with Gasteiger partial charge >= 0.3 is 0 Å². The average molecular weight is 390 g/mol. The lowest BCUT2D eigenvalue weighted by molar-refractivity contribution is -0.118. The van der Waals surface area contributed by atoms with E-state index in [0.29, 0.717) is 35.6 Å². The summed E-state index contributed by atoms with van der Waals surface area (Å²) in [5.74, 6) is 0.0643. The molecule has 0 unspecified atom stereocenters. The molecule has 3 rings (SSSR count). The first kappa shape index (κ1) is 18.6. The molecule has 2 aromatic heterocycles. The van der Waals surface area contributed by atoms with Gasteiger partial charge in [-0.1, -0.05) is 30.0 Å². The minimum atomic E-state index is -0.148. The van der Waals surface area contributed by atoms with E-state index in [-0.39, 0.29) is 23.8 Å². The molecule has 3 aromatic rings. The lowest BCUT2D eigenvalue weighted by atomic mass is 10.2. The molecule has 1 amide bonds. The first-order valence-corrected chi connectivity index (χ1v) is 10.1. The highest BCUT2D eigenvalue weighted by Crippen LogP contribution is 2.18. The van der Waals surface area contributed by atoms with E-state index in [4.69, 9.17) is 5.11 Å². The summed E-state index contributed by atoms with van der Waals surface area (Å²) in [5, 5.41) is 15.0. The molecule has 2 heterocycles. The van der Waals surface area contributed by atoms with E-state index >= 15 is 0 Å². The van der Waals surface area contributed by atoms with Crippen molar-refractivity contribution in [2.24, 2.45) is 0 Å². The Hall–Kier alpha value is -2.16. The highest BCUT2D eigenvalue weighted by Gasteiger charge is 2.13. The normalized spacial score (nSPS) is 11.0. The molecule has 8 heteroatoms. The van der Waals surface area contributed by atoms with Crippen molar-refractivity contribution in [3.05, 3.63) is 57.0 Å². The fourth-order valence-corrected chi connectivity index (χ4v) is 3.96. The number of hydrogen-bond acceptors (Lipinski definition) is 6. The number of fused-ring (bicyclic) bond motifs is 1. The number of amides is 1. The summed E-state index contributed by atoms with van der Waals surface area (Å²) in [4.78, 5) is 30.4. The molecule has 0 aliphatic rings. The molecule has 26 heavy (non-hydrogen) atoms. The van der Waals surface area contributed by atoms with Gasteiger partial charge in [0.2, 0.25) is 5.91 Å². The summed E-state index contributed by atoms with van der Waals surface area (Å²) >= 11 is 2.82. The molecule has 0 radical (unpaired) electrons. The van der Waals surface area contributed by atoms with E-state index in [1.54, 1.807) is 29.5 Å². The highest BCUT2D eigenvalue weighted by atomic mass is 32.2. The van der Waals surface area contributed by atoms with Crippen LogP contribution in [0.2, 0.25) is 0 Å². The lowest BCUT2D eigenvalue weighted by Gasteiger charge is -2.12. The zero-order valence-electron chi connectivity index (χ0n) is 14.1. The first-order valence-electron chi connectivity index (χ1n) is 8.21. The topological polar surface area (TPSA) is 84.2 Å². The number of rotatable bonds is 8. The Labute approximate surface area is 158 Å². The molecular formula is C18H19N3O3S2. The quantitative estimate of drug-likeness (QED) is 0.456. The second-order valence-corrected chi connectivity index (χ2v) is 7.56. The van der Waals surface area contributed by atoms with Crippen molar-refractivity contribution < 1.29 is 9.90 Å². The molecule has 0 bridgehead atoms. The third-order valence-electron chi connectivity index (χ3n) is 3.74. The summed E-state index contributed by atoms with van der Waals surface area (Å²) in [7, 11) is 0. The van der Waals surface area contributed by atoms with Crippen molar-refractivity contribution in [2.75, 3.05) is 12.4 Å². The third-order valence-corrected chi connectivity index (χ3v) is 5.59. The number of aliphatic hydroxyl groups excluding tert-OH is 1. The summed E-state index contributed by atoms with van der Waals surface area (Å²) in [5.41, 5.74) is 0.463. The van der Waals surface area contributed by atoms with Crippen molar-refractivity contribution in [3.8, 4) is 0 Å². The molecule has 0 aliphatic carbocycles. The fourth-order valence-electron chi connectivity index (χ4n) is 2.46. The maximum atomic E-state index is 12.7. The number of aromatic nitrogens is 2. The van der Waals surface area contributed by atoms with Crippen LogP contribution in [0.3, 0.4) is 0 Å². The van der Waals surface area contributed by atoms with Crippen molar-refractivity contribution in [1.82, 2.24) is 14.9 Å². The van der Waals surface area contributed by atoms with Gasteiger partial charge in [-0.15, -0.1) is 11.3 Å². The van der Waals surface area contributed by atoms with Crippen molar-refractivity contribution in [3.63, 3.8) is 0 Å². The number of carbonyl (C=O) groups excluding carboxylic acids is 1. The monoisotopic (exact) mass is 389 g/mol. The van der Waals surface area contributed by atoms with Gasteiger partial charge in [0.25, 0.3) is 5.56 Å². The zero-order valence-corrected chi connectivity index (χ0v) is 15.7. The van der Waals surface area contributed by atoms with E-state index in [9.17, 15) is 9.59 Å². The van der Waals surface area contributed by atoms with E-state index < -0.39 is 0 Å². The van der Waals surface area contributed by atoms with Crippen LogP contribution in [-0.2, 0) is 17.9 Å². The number of aliphatic hydroxyl groups is 1. The number of thiophene rings is 1. The number of benzene rings is 1. The Balaban J connectivity index is 1.74. The van der Waals surface area contributed by atoms with Crippen LogP contribution in [0.1, 0.15) is 11.3 Å². The van der Waals surface area contributed by atoms with Crippen molar-refractivity contribution in [1.29, 1.82) is 0 Å². The second-order valence-electron chi connectivity index (χ2n) is 5.59. The number of hydrogen-bond donors (Lipinski definition) is 2. The van der Waals surface area contributed by atoms with Crippen LogP contribution < -0.4 is 10.9 Å². The molecule has 0 aliphatic heterocycles. The van der Waals surface area contributed by atoms with Crippen LogP contribution in [0.25, 0.3) is 10.9 Å². The van der Waals surface area contributed by atoms with Gasteiger partial charge in [0, 0.05) is 18.0 Å². The number of nitrogens with one attached hydrogen (secondary N) is 1. The molecule has 0 atom stereocenters. The Morgan fingerprint density at radius 1 is 1.27 bits per heavy atom. The third kappa shape index (κ3) is 4.51. The minimum absolute atomic E-state index is 0.00925. The minimum Gasteiger partial charge on any atom is -0.396 e. The fraction of sp³-hybridized carbons (Fsp3) is 0.278. The second kappa shape index (κ2) is 8.98. The predicted octanol–water partition coefficient (Wildman–Crippen LogP) is 2.25. The van der Waals surface area contributed by atoms with Crippen LogP contribution >= 0.6 is 23.1 Å². The lowest BCUT2D eigenvalue weighted by Crippen LogP contribution is -2.27. The zero-order chi connectivity index (χ0) is 18.4. The first-order chi connectivity index (χ1) is 12.7.